The second kappa shape index (κ2) is 5.70. The molecule has 21 heavy (non-hydrogen) atoms. The molecular weight excluding hydrogens is 276 g/mol. The van der Waals surface area contributed by atoms with E-state index in [-0.39, 0.29) is 11.5 Å². The molecule has 1 amide bonds. The van der Waals surface area contributed by atoms with E-state index >= 15 is 0 Å². The van der Waals surface area contributed by atoms with E-state index in [0.29, 0.717) is 26.2 Å². The molecule has 0 fully saturated rings. The number of carbonyl (C=O) groups is 1. The lowest BCUT2D eigenvalue weighted by molar-refractivity contribution is 0.0945. The number of benzene rings is 1. The number of carbonyl (C=O) groups excluding carboxylic acids is 1. The third kappa shape index (κ3) is 2.88. The monoisotopic (exact) mass is 290 g/mol. The molecule has 0 spiro atoms. The number of fused-ring (bicyclic) bond motifs is 1. The predicted octanol–water partition coefficient (Wildman–Crippen LogP) is 0.395. The van der Waals surface area contributed by atoms with Gasteiger partial charge in [0.15, 0.2) is 11.5 Å². The topological polar surface area (TPSA) is 112 Å². The summed E-state index contributed by atoms with van der Waals surface area (Å²) in [4.78, 5) is 11.8. The molecule has 0 unspecified atom stereocenters. The highest BCUT2D eigenvalue weighted by molar-refractivity contribution is 5.95. The number of nitrogens with two attached hydrogens (primary N) is 1. The summed E-state index contributed by atoms with van der Waals surface area (Å²) in [6.45, 7) is 1.55. The van der Waals surface area contributed by atoms with Gasteiger partial charge in [0.05, 0.1) is 0 Å². The normalized spacial score (nSPS) is 13.0. The molecule has 2 aromatic rings. The average molecular weight is 290 g/mol. The van der Waals surface area contributed by atoms with Crippen molar-refractivity contribution in [1.82, 2.24) is 15.6 Å². The number of hydrogen-bond acceptors (Lipinski definition) is 7. The zero-order valence-electron chi connectivity index (χ0n) is 11.2. The summed E-state index contributed by atoms with van der Waals surface area (Å²) >= 11 is 0. The van der Waals surface area contributed by atoms with Crippen molar-refractivity contribution in [1.29, 1.82) is 0 Å². The Labute approximate surface area is 120 Å². The third-order valence-electron chi connectivity index (χ3n) is 3.03. The van der Waals surface area contributed by atoms with Gasteiger partial charge in [-0.1, -0.05) is 6.07 Å². The summed E-state index contributed by atoms with van der Waals surface area (Å²) < 4.78 is 15.3. The first-order chi connectivity index (χ1) is 10.2. The molecule has 8 nitrogen and oxygen atoms in total. The minimum Gasteiger partial charge on any atom is -0.486 e. The second-order valence-electron chi connectivity index (χ2n) is 4.48. The smallest absolute Gasteiger partial charge is 0.277 e. The van der Waals surface area contributed by atoms with Gasteiger partial charge >= 0.3 is 0 Å². The van der Waals surface area contributed by atoms with E-state index in [1.165, 1.54) is 0 Å². The van der Waals surface area contributed by atoms with E-state index in [1.54, 1.807) is 0 Å². The molecule has 3 N–H and O–H groups in total. The molecular formula is C13H14N4O4. The highest BCUT2D eigenvalue weighted by Gasteiger charge is 2.15. The molecule has 0 saturated heterocycles. The summed E-state index contributed by atoms with van der Waals surface area (Å²) in [5.41, 5.74) is 6.47. The fourth-order valence-corrected chi connectivity index (χ4v) is 2.00. The maximum absolute atomic E-state index is 11.8. The SMILES string of the molecule is Nc1nonc1C(=O)NCCc1ccc2c(c1)OCCO2. The summed E-state index contributed by atoms with van der Waals surface area (Å²) in [6, 6.07) is 5.71. The first-order valence-electron chi connectivity index (χ1n) is 6.49. The Morgan fingerprint density at radius 2 is 2.05 bits per heavy atom. The number of hydrogen-bond donors (Lipinski definition) is 2. The molecule has 1 aliphatic rings. The van der Waals surface area contributed by atoms with E-state index in [1.807, 2.05) is 18.2 Å². The zero-order valence-corrected chi connectivity index (χ0v) is 11.2. The number of rotatable bonds is 4. The standard InChI is InChI=1S/C13H14N4O4/c14-12-11(16-21-17-12)13(18)15-4-3-8-1-2-9-10(7-8)20-6-5-19-9/h1-2,7H,3-6H2,(H2,14,17)(H,15,18). The Kier molecular flexibility index (Phi) is 3.59. The predicted molar refractivity (Wildman–Crippen MR) is 72.2 cm³/mol. The summed E-state index contributed by atoms with van der Waals surface area (Å²) in [7, 11) is 0. The third-order valence-corrected chi connectivity index (χ3v) is 3.03. The molecule has 110 valence electrons. The number of ether oxygens (including phenoxy) is 2. The summed E-state index contributed by atoms with van der Waals surface area (Å²) in [5, 5.41) is 9.49. The first kappa shape index (κ1) is 13.2. The van der Waals surface area contributed by atoms with Crippen molar-refractivity contribution in [2.24, 2.45) is 0 Å². The fourth-order valence-electron chi connectivity index (χ4n) is 2.00. The Morgan fingerprint density at radius 1 is 1.24 bits per heavy atom. The van der Waals surface area contributed by atoms with E-state index in [4.69, 9.17) is 15.2 Å². The molecule has 0 saturated carbocycles. The molecule has 1 aromatic heterocycles. The number of anilines is 1. The van der Waals surface area contributed by atoms with Gasteiger partial charge in [0, 0.05) is 6.54 Å². The van der Waals surface area contributed by atoms with E-state index in [0.717, 1.165) is 17.1 Å². The maximum Gasteiger partial charge on any atom is 0.277 e. The highest BCUT2D eigenvalue weighted by Crippen LogP contribution is 2.30. The summed E-state index contributed by atoms with van der Waals surface area (Å²) in [6.07, 6.45) is 0.646. The largest absolute Gasteiger partial charge is 0.486 e. The van der Waals surface area contributed by atoms with Gasteiger partial charge in [-0.3, -0.25) is 4.79 Å². The molecule has 3 rings (SSSR count). The van der Waals surface area contributed by atoms with Crippen molar-refractivity contribution in [3.8, 4) is 11.5 Å². The van der Waals surface area contributed by atoms with Crippen LogP contribution in [0.5, 0.6) is 11.5 Å². The van der Waals surface area contributed by atoms with Gasteiger partial charge in [-0.2, -0.15) is 0 Å². The lowest BCUT2D eigenvalue weighted by Crippen LogP contribution is -2.26. The van der Waals surface area contributed by atoms with Crippen LogP contribution in [0.4, 0.5) is 5.82 Å². The van der Waals surface area contributed by atoms with Gasteiger partial charge in [0.25, 0.3) is 5.91 Å². The first-order valence-corrected chi connectivity index (χ1v) is 6.49. The van der Waals surface area contributed by atoms with E-state index in [2.05, 4.69) is 20.3 Å². The van der Waals surface area contributed by atoms with Crippen LogP contribution in [0.1, 0.15) is 16.1 Å². The molecule has 8 heteroatoms. The Hall–Kier alpha value is -2.77. The van der Waals surface area contributed by atoms with Gasteiger partial charge in [-0.15, -0.1) is 0 Å². The second-order valence-corrected chi connectivity index (χ2v) is 4.48. The van der Waals surface area contributed by atoms with Gasteiger partial charge in [-0.25, -0.2) is 4.63 Å². The van der Waals surface area contributed by atoms with Crippen molar-refractivity contribution in [2.45, 2.75) is 6.42 Å². The number of nitrogens with one attached hydrogen (secondary N) is 1. The number of amides is 1. The molecule has 0 bridgehead atoms. The van der Waals surface area contributed by atoms with Crippen LogP contribution in [0.3, 0.4) is 0 Å². The van der Waals surface area contributed by atoms with Gasteiger partial charge in [0.1, 0.15) is 13.2 Å². The van der Waals surface area contributed by atoms with Crippen molar-refractivity contribution < 1.29 is 18.9 Å². The molecule has 1 aromatic carbocycles. The van der Waals surface area contributed by atoms with Crippen LogP contribution in [0.25, 0.3) is 0 Å². The molecule has 0 aliphatic carbocycles. The van der Waals surface area contributed by atoms with E-state index < -0.39 is 5.91 Å². The number of nitrogen functional groups attached to an aromatic ring is 1. The molecule has 1 aliphatic heterocycles. The Morgan fingerprint density at radius 3 is 2.81 bits per heavy atom. The van der Waals surface area contributed by atoms with Crippen molar-refractivity contribution in [3.63, 3.8) is 0 Å². The summed E-state index contributed by atoms with van der Waals surface area (Å²) in [5.74, 6) is 1.05. The highest BCUT2D eigenvalue weighted by atomic mass is 16.6. The quantitative estimate of drug-likeness (QED) is 0.837. The van der Waals surface area contributed by atoms with Crippen LogP contribution in [0.15, 0.2) is 22.8 Å². The maximum atomic E-state index is 11.8. The van der Waals surface area contributed by atoms with Gasteiger partial charge in [-0.05, 0) is 34.4 Å². The van der Waals surface area contributed by atoms with Crippen LogP contribution < -0.4 is 20.5 Å². The minimum absolute atomic E-state index is 0.00262. The van der Waals surface area contributed by atoms with Crippen molar-refractivity contribution in [3.05, 3.63) is 29.5 Å². The van der Waals surface area contributed by atoms with Crippen LogP contribution in [0, 0.1) is 0 Å². The molecule has 2 heterocycles. The van der Waals surface area contributed by atoms with Crippen molar-refractivity contribution in [2.75, 3.05) is 25.5 Å². The lowest BCUT2D eigenvalue weighted by Gasteiger charge is -2.18. The molecule has 0 radical (unpaired) electrons. The van der Waals surface area contributed by atoms with E-state index in [9.17, 15) is 4.79 Å². The van der Waals surface area contributed by atoms with Gasteiger partial charge < -0.3 is 20.5 Å². The Bertz CT molecular complexity index is 655. The van der Waals surface area contributed by atoms with Gasteiger partial charge in [0.2, 0.25) is 11.5 Å². The average Bonchev–Trinajstić information content (AvgIpc) is 2.93. The van der Waals surface area contributed by atoms with Crippen LogP contribution in [0.2, 0.25) is 0 Å². The number of nitrogens with zero attached hydrogens (tertiary/aromatic N) is 2. The minimum atomic E-state index is -0.411. The zero-order chi connectivity index (χ0) is 14.7. The number of aromatic nitrogens is 2. The fraction of sp³-hybridized carbons (Fsp3) is 0.308. The van der Waals surface area contributed by atoms with Crippen LogP contribution in [-0.4, -0.2) is 36.0 Å². The van der Waals surface area contributed by atoms with Crippen molar-refractivity contribution >= 4 is 11.7 Å². The Balaban J connectivity index is 1.56. The van der Waals surface area contributed by atoms with Crippen LogP contribution >= 0.6 is 0 Å². The molecule has 0 atom stereocenters. The van der Waals surface area contributed by atoms with Crippen LogP contribution in [-0.2, 0) is 6.42 Å². The lowest BCUT2D eigenvalue weighted by atomic mass is 10.1.